The van der Waals surface area contributed by atoms with Gasteiger partial charge in [-0.1, -0.05) is 23.9 Å². The van der Waals surface area contributed by atoms with Crippen molar-refractivity contribution in [1.82, 2.24) is 19.7 Å². The van der Waals surface area contributed by atoms with Gasteiger partial charge in [0.25, 0.3) is 0 Å². The van der Waals surface area contributed by atoms with Crippen molar-refractivity contribution in [3.8, 4) is 11.6 Å². The zero-order chi connectivity index (χ0) is 18.7. The van der Waals surface area contributed by atoms with E-state index in [4.69, 9.17) is 4.42 Å². The molecule has 3 aromatic rings. The summed E-state index contributed by atoms with van der Waals surface area (Å²) in [7, 11) is 3.53. The van der Waals surface area contributed by atoms with Crippen LogP contribution in [0.5, 0.6) is 0 Å². The second-order valence-electron chi connectivity index (χ2n) is 5.93. The van der Waals surface area contributed by atoms with Crippen LogP contribution in [0.2, 0.25) is 0 Å². The number of rotatable bonds is 6. The SMILES string of the molecule is C[C@H](Sc1nnc(-c2ccco2)n1C)C(=O)N(C)Cc1cccc(F)c1. The molecule has 0 saturated carbocycles. The van der Waals surface area contributed by atoms with Crippen LogP contribution in [0.15, 0.2) is 52.2 Å². The van der Waals surface area contributed by atoms with E-state index < -0.39 is 0 Å². The van der Waals surface area contributed by atoms with Crippen molar-refractivity contribution in [1.29, 1.82) is 0 Å². The molecule has 1 amide bonds. The Labute approximate surface area is 155 Å². The molecule has 136 valence electrons. The molecule has 0 aliphatic heterocycles. The second-order valence-corrected chi connectivity index (χ2v) is 7.23. The number of carbonyl (C=O) groups excluding carboxylic acids is 1. The predicted molar refractivity (Wildman–Crippen MR) is 96.9 cm³/mol. The van der Waals surface area contributed by atoms with Crippen LogP contribution in [0.25, 0.3) is 11.6 Å². The van der Waals surface area contributed by atoms with Crippen molar-refractivity contribution in [2.45, 2.75) is 23.9 Å². The Morgan fingerprint density at radius 2 is 2.15 bits per heavy atom. The lowest BCUT2D eigenvalue weighted by molar-refractivity contribution is -0.129. The van der Waals surface area contributed by atoms with Crippen LogP contribution in [-0.2, 0) is 18.4 Å². The highest BCUT2D eigenvalue weighted by atomic mass is 32.2. The summed E-state index contributed by atoms with van der Waals surface area (Å²) in [5.41, 5.74) is 0.747. The van der Waals surface area contributed by atoms with Crippen LogP contribution >= 0.6 is 11.8 Å². The van der Waals surface area contributed by atoms with E-state index in [1.54, 1.807) is 47.0 Å². The molecule has 0 unspecified atom stereocenters. The van der Waals surface area contributed by atoms with Crippen molar-refractivity contribution < 1.29 is 13.6 Å². The fourth-order valence-electron chi connectivity index (χ4n) is 2.54. The summed E-state index contributed by atoms with van der Waals surface area (Å²) in [6, 6.07) is 9.83. The zero-order valence-electron chi connectivity index (χ0n) is 14.7. The average molecular weight is 374 g/mol. The van der Waals surface area contributed by atoms with Crippen LogP contribution in [0.3, 0.4) is 0 Å². The summed E-state index contributed by atoms with van der Waals surface area (Å²) in [6.07, 6.45) is 1.57. The molecule has 1 aromatic carbocycles. The van der Waals surface area contributed by atoms with Crippen molar-refractivity contribution in [3.05, 3.63) is 54.0 Å². The van der Waals surface area contributed by atoms with Crippen LogP contribution in [-0.4, -0.2) is 37.9 Å². The molecule has 0 spiro atoms. The average Bonchev–Trinajstić information content (AvgIpc) is 3.24. The highest BCUT2D eigenvalue weighted by Gasteiger charge is 2.22. The minimum Gasteiger partial charge on any atom is -0.461 e. The Balaban J connectivity index is 1.66. The number of nitrogens with zero attached hydrogens (tertiary/aromatic N) is 4. The third kappa shape index (κ3) is 3.96. The summed E-state index contributed by atoms with van der Waals surface area (Å²) < 4.78 is 20.4. The number of carbonyl (C=O) groups is 1. The Morgan fingerprint density at radius 1 is 1.35 bits per heavy atom. The molecule has 0 aliphatic rings. The van der Waals surface area contributed by atoms with Gasteiger partial charge in [-0.05, 0) is 36.8 Å². The first kappa shape index (κ1) is 18.2. The van der Waals surface area contributed by atoms with Gasteiger partial charge in [0.05, 0.1) is 11.5 Å². The number of furan rings is 1. The van der Waals surface area contributed by atoms with Gasteiger partial charge >= 0.3 is 0 Å². The molecule has 0 fully saturated rings. The van der Waals surface area contributed by atoms with Gasteiger partial charge in [0.1, 0.15) is 5.82 Å². The highest BCUT2D eigenvalue weighted by Crippen LogP contribution is 2.26. The predicted octanol–water partition coefficient (Wildman–Crippen LogP) is 3.35. The lowest BCUT2D eigenvalue weighted by Gasteiger charge is -2.21. The largest absolute Gasteiger partial charge is 0.461 e. The molecule has 2 heterocycles. The summed E-state index contributed by atoms with van der Waals surface area (Å²) in [5, 5.41) is 8.53. The number of benzene rings is 1. The Bertz CT molecular complexity index is 894. The number of amides is 1. The number of hydrogen-bond acceptors (Lipinski definition) is 5. The van der Waals surface area contributed by atoms with E-state index in [-0.39, 0.29) is 17.0 Å². The van der Waals surface area contributed by atoms with Crippen LogP contribution in [0.1, 0.15) is 12.5 Å². The first-order chi connectivity index (χ1) is 12.5. The lowest BCUT2D eigenvalue weighted by Crippen LogP contribution is -2.33. The summed E-state index contributed by atoms with van der Waals surface area (Å²) in [4.78, 5) is 14.2. The third-order valence-corrected chi connectivity index (χ3v) is 5.01. The first-order valence-electron chi connectivity index (χ1n) is 8.05. The van der Waals surface area contributed by atoms with E-state index in [1.165, 1.54) is 23.9 Å². The van der Waals surface area contributed by atoms with Crippen molar-refractivity contribution in [3.63, 3.8) is 0 Å². The van der Waals surface area contributed by atoms with E-state index in [2.05, 4.69) is 10.2 Å². The maximum absolute atomic E-state index is 13.3. The molecule has 3 rings (SSSR count). The van der Waals surface area contributed by atoms with Gasteiger partial charge in [-0.3, -0.25) is 4.79 Å². The molecular weight excluding hydrogens is 355 g/mol. The smallest absolute Gasteiger partial charge is 0.235 e. The van der Waals surface area contributed by atoms with Gasteiger partial charge in [-0.2, -0.15) is 0 Å². The van der Waals surface area contributed by atoms with Gasteiger partial charge in [-0.15, -0.1) is 10.2 Å². The molecule has 6 nitrogen and oxygen atoms in total. The van der Waals surface area contributed by atoms with E-state index in [9.17, 15) is 9.18 Å². The Kier molecular flexibility index (Phi) is 5.41. The zero-order valence-corrected chi connectivity index (χ0v) is 15.5. The highest BCUT2D eigenvalue weighted by molar-refractivity contribution is 8.00. The molecule has 8 heteroatoms. The van der Waals surface area contributed by atoms with Crippen LogP contribution < -0.4 is 0 Å². The minimum atomic E-state index is -0.360. The molecule has 0 bridgehead atoms. The molecule has 1 atom stereocenters. The number of aromatic nitrogens is 3. The van der Waals surface area contributed by atoms with Gasteiger partial charge in [0.2, 0.25) is 5.91 Å². The molecule has 0 saturated heterocycles. The maximum atomic E-state index is 13.3. The Morgan fingerprint density at radius 3 is 2.85 bits per heavy atom. The monoisotopic (exact) mass is 374 g/mol. The lowest BCUT2D eigenvalue weighted by atomic mass is 10.2. The van der Waals surface area contributed by atoms with Gasteiger partial charge < -0.3 is 13.9 Å². The van der Waals surface area contributed by atoms with Gasteiger partial charge in [0, 0.05) is 20.6 Å². The van der Waals surface area contributed by atoms with E-state index >= 15 is 0 Å². The molecule has 2 aromatic heterocycles. The van der Waals surface area contributed by atoms with Crippen LogP contribution in [0.4, 0.5) is 4.39 Å². The fourth-order valence-corrected chi connectivity index (χ4v) is 3.47. The second kappa shape index (κ2) is 7.74. The van der Waals surface area contributed by atoms with E-state index in [0.29, 0.717) is 23.3 Å². The Hall–Kier alpha value is -2.61. The normalized spacial score (nSPS) is 12.2. The minimum absolute atomic E-state index is 0.0678. The maximum Gasteiger partial charge on any atom is 0.235 e. The number of hydrogen-bond donors (Lipinski definition) is 0. The quantitative estimate of drug-likeness (QED) is 0.619. The topological polar surface area (TPSA) is 64.2 Å². The number of halogens is 1. The molecular formula is C18H19FN4O2S. The molecule has 0 N–H and O–H groups in total. The summed E-state index contributed by atoms with van der Waals surface area (Å²) in [5.74, 6) is 0.844. The van der Waals surface area contributed by atoms with Crippen LogP contribution in [0, 0.1) is 5.82 Å². The van der Waals surface area contributed by atoms with E-state index in [1.807, 2.05) is 14.0 Å². The number of thioether (sulfide) groups is 1. The van der Waals surface area contributed by atoms with E-state index in [0.717, 1.165) is 5.56 Å². The molecule has 26 heavy (non-hydrogen) atoms. The van der Waals surface area contributed by atoms with Crippen molar-refractivity contribution in [2.75, 3.05) is 7.05 Å². The molecule has 0 radical (unpaired) electrons. The summed E-state index contributed by atoms with van der Waals surface area (Å²) >= 11 is 1.32. The van der Waals surface area contributed by atoms with Gasteiger partial charge in [-0.25, -0.2) is 4.39 Å². The summed E-state index contributed by atoms with van der Waals surface area (Å²) in [6.45, 7) is 2.16. The van der Waals surface area contributed by atoms with Crippen molar-refractivity contribution >= 4 is 17.7 Å². The van der Waals surface area contributed by atoms with Crippen molar-refractivity contribution in [2.24, 2.45) is 7.05 Å². The fraction of sp³-hybridized carbons (Fsp3) is 0.278. The third-order valence-electron chi connectivity index (χ3n) is 3.89. The standard InChI is InChI=1S/C18H19FN4O2S/c1-12(17(24)22(2)11-13-6-4-7-14(19)10-13)26-18-21-20-16(23(18)3)15-8-5-9-25-15/h4-10,12H,11H2,1-3H3/t12-/m0/s1. The first-order valence-corrected chi connectivity index (χ1v) is 8.93. The molecule has 0 aliphatic carbocycles. The van der Waals surface area contributed by atoms with Gasteiger partial charge in [0.15, 0.2) is 16.7 Å².